The molecular formula is C18H13ClN4O2. The van der Waals surface area contributed by atoms with Crippen LogP contribution >= 0.6 is 11.6 Å². The summed E-state index contributed by atoms with van der Waals surface area (Å²) in [5.41, 5.74) is 1.55. The molecule has 3 rings (SSSR count). The molecule has 0 aliphatic heterocycles. The van der Waals surface area contributed by atoms with Crippen LogP contribution in [-0.4, -0.2) is 27.1 Å². The van der Waals surface area contributed by atoms with E-state index in [4.69, 9.17) is 21.6 Å². The molecule has 0 aliphatic rings. The van der Waals surface area contributed by atoms with Gasteiger partial charge in [0.05, 0.1) is 28.8 Å². The molecule has 0 bridgehead atoms. The molecule has 0 atom stereocenters. The molecule has 1 aromatic carbocycles. The van der Waals surface area contributed by atoms with Crippen molar-refractivity contribution in [3.63, 3.8) is 0 Å². The minimum atomic E-state index is -0.450. The van der Waals surface area contributed by atoms with E-state index in [1.54, 1.807) is 54.5 Å². The Morgan fingerprint density at radius 2 is 2.28 bits per heavy atom. The number of ether oxygens (including phenoxy) is 1. The van der Waals surface area contributed by atoms with Gasteiger partial charge in [0.2, 0.25) is 0 Å². The highest BCUT2D eigenvalue weighted by Gasteiger charge is 2.16. The molecule has 0 spiro atoms. The molecule has 0 amide bonds. The molecule has 0 N–H and O–H groups in total. The third kappa shape index (κ3) is 3.37. The van der Waals surface area contributed by atoms with Crippen LogP contribution in [0.4, 0.5) is 0 Å². The lowest BCUT2D eigenvalue weighted by Crippen LogP contribution is -2.08. The first kappa shape index (κ1) is 16.7. The molecule has 124 valence electrons. The molecule has 0 aliphatic carbocycles. The number of imidazole rings is 1. The van der Waals surface area contributed by atoms with Gasteiger partial charge < -0.3 is 4.74 Å². The zero-order chi connectivity index (χ0) is 17.8. The van der Waals surface area contributed by atoms with Crippen LogP contribution in [0.15, 0.2) is 43.0 Å². The zero-order valence-electron chi connectivity index (χ0n) is 13.3. The number of nitriles is 1. The number of carbonyl (C=O) groups excluding carboxylic acids is 1. The van der Waals surface area contributed by atoms with Gasteiger partial charge in [-0.15, -0.1) is 0 Å². The molecule has 0 saturated carbocycles. The van der Waals surface area contributed by atoms with Gasteiger partial charge >= 0.3 is 5.97 Å². The van der Waals surface area contributed by atoms with Crippen LogP contribution < -0.4 is 0 Å². The SMILES string of the molecule is CCOC(=O)c1cc(-n2ccnc2)nc2cc(Cl)c(/C=C/C#N)cc12. The van der Waals surface area contributed by atoms with Gasteiger partial charge in [-0.05, 0) is 36.8 Å². The van der Waals surface area contributed by atoms with Gasteiger partial charge in [-0.3, -0.25) is 4.57 Å². The van der Waals surface area contributed by atoms with Crippen molar-refractivity contribution in [1.29, 1.82) is 5.26 Å². The summed E-state index contributed by atoms with van der Waals surface area (Å²) in [4.78, 5) is 21.0. The lowest BCUT2D eigenvalue weighted by molar-refractivity contribution is 0.0528. The number of benzene rings is 1. The van der Waals surface area contributed by atoms with Crippen LogP contribution in [0, 0.1) is 11.3 Å². The number of pyridine rings is 1. The highest BCUT2D eigenvalue weighted by Crippen LogP contribution is 2.28. The van der Waals surface area contributed by atoms with Crippen LogP contribution in [0.5, 0.6) is 0 Å². The maximum Gasteiger partial charge on any atom is 0.338 e. The number of hydrogen-bond acceptors (Lipinski definition) is 5. The van der Waals surface area contributed by atoms with Gasteiger partial charge in [0.25, 0.3) is 0 Å². The summed E-state index contributed by atoms with van der Waals surface area (Å²) >= 11 is 6.27. The van der Waals surface area contributed by atoms with Gasteiger partial charge in [-0.25, -0.2) is 14.8 Å². The van der Waals surface area contributed by atoms with Crippen molar-refractivity contribution in [1.82, 2.24) is 14.5 Å². The van der Waals surface area contributed by atoms with E-state index in [0.717, 1.165) is 0 Å². The first-order valence-electron chi connectivity index (χ1n) is 7.50. The molecule has 2 heterocycles. The van der Waals surface area contributed by atoms with Crippen molar-refractivity contribution in [3.05, 3.63) is 59.1 Å². The standard InChI is InChI=1S/C18H13ClN4O2/c1-2-25-18(24)14-9-17(23-7-6-21-11-23)22-16-10-15(19)12(4-3-5-20)8-13(14)16/h3-4,6-11H,2H2,1H3/b4-3+. The fraction of sp³-hybridized carbons (Fsp3) is 0.111. The van der Waals surface area contributed by atoms with E-state index in [1.807, 2.05) is 6.07 Å². The fourth-order valence-electron chi connectivity index (χ4n) is 2.41. The van der Waals surface area contributed by atoms with Gasteiger partial charge in [-0.2, -0.15) is 5.26 Å². The lowest BCUT2D eigenvalue weighted by atomic mass is 10.0. The van der Waals surface area contributed by atoms with Crippen LogP contribution in [0.3, 0.4) is 0 Å². The predicted molar refractivity (Wildman–Crippen MR) is 94.5 cm³/mol. The number of halogens is 1. The number of esters is 1. The Hall–Kier alpha value is -3.17. The average molecular weight is 353 g/mol. The third-order valence-electron chi connectivity index (χ3n) is 3.52. The second kappa shape index (κ2) is 7.16. The largest absolute Gasteiger partial charge is 0.462 e. The van der Waals surface area contributed by atoms with E-state index in [0.29, 0.717) is 32.9 Å². The molecule has 0 saturated heterocycles. The number of allylic oxidation sites excluding steroid dienone is 1. The minimum absolute atomic E-state index is 0.262. The van der Waals surface area contributed by atoms with E-state index in [1.165, 1.54) is 6.08 Å². The van der Waals surface area contributed by atoms with Gasteiger partial charge in [-0.1, -0.05) is 11.6 Å². The molecular weight excluding hydrogens is 340 g/mol. The lowest BCUT2D eigenvalue weighted by Gasteiger charge is -2.11. The summed E-state index contributed by atoms with van der Waals surface area (Å²) in [6.07, 6.45) is 7.85. The number of fused-ring (bicyclic) bond motifs is 1. The molecule has 25 heavy (non-hydrogen) atoms. The molecule has 2 aromatic heterocycles. The Kier molecular flexibility index (Phi) is 4.78. The van der Waals surface area contributed by atoms with Crippen molar-refractivity contribution in [2.24, 2.45) is 0 Å². The second-order valence-electron chi connectivity index (χ2n) is 5.07. The quantitative estimate of drug-likeness (QED) is 0.527. The van der Waals surface area contributed by atoms with Gasteiger partial charge in [0.15, 0.2) is 0 Å². The van der Waals surface area contributed by atoms with E-state index in [-0.39, 0.29) is 6.61 Å². The summed E-state index contributed by atoms with van der Waals surface area (Å²) in [5.74, 6) is 0.0817. The second-order valence-corrected chi connectivity index (χ2v) is 5.48. The summed E-state index contributed by atoms with van der Waals surface area (Å²) in [6.45, 7) is 2.01. The van der Waals surface area contributed by atoms with E-state index in [2.05, 4.69) is 9.97 Å². The summed E-state index contributed by atoms with van der Waals surface area (Å²) in [5, 5.41) is 9.75. The molecule has 6 nitrogen and oxygen atoms in total. The molecule has 0 radical (unpaired) electrons. The van der Waals surface area contributed by atoms with Gasteiger partial charge in [0, 0.05) is 23.9 Å². The maximum absolute atomic E-state index is 12.4. The molecule has 7 heteroatoms. The highest BCUT2D eigenvalue weighted by atomic mass is 35.5. The Balaban J connectivity index is 2.27. The fourth-order valence-corrected chi connectivity index (χ4v) is 2.63. The molecule has 3 aromatic rings. The highest BCUT2D eigenvalue weighted by molar-refractivity contribution is 6.33. The first-order valence-corrected chi connectivity index (χ1v) is 7.87. The summed E-state index contributed by atoms with van der Waals surface area (Å²) in [7, 11) is 0. The average Bonchev–Trinajstić information content (AvgIpc) is 3.13. The Labute approximate surface area is 148 Å². The van der Waals surface area contributed by atoms with Crippen molar-refractivity contribution < 1.29 is 9.53 Å². The number of carbonyl (C=O) groups is 1. The van der Waals surface area contributed by atoms with Crippen molar-refractivity contribution in [2.75, 3.05) is 6.61 Å². The van der Waals surface area contributed by atoms with Crippen molar-refractivity contribution in [3.8, 4) is 11.9 Å². The maximum atomic E-state index is 12.4. The topological polar surface area (TPSA) is 80.8 Å². The Morgan fingerprint density at radius 3 is 2.96 bits per heavy atom. The van der Waals surface area contributed by atoms with Crippen LogP contribution in [0.25, 0.3) is 22.8 Å². The molecule has 0 fully saturated rings. The van der Waals surface area contributed by atoms with Crippen LogP contribution in [0.1, 0.15) is 22.8 Å². The minimum Gasteiger partial charge on any atom is -0.462 e. The molecule has 0 unspecified atom stereocenters. The normalized spacial score (nSPS) is 10.9. The summed E-state index contributed by atoms with van der Waals surface area (Å²) < 4.78 is 6.86. The third-order valence-corrected chi connectivity index (χ3v) is 3.84. The number of hydrogen-bond donors (Lipinski definition) is 0. The Bertz CT molecular complexity index is 1000. The number of nitrogens with zero attached hydrogens (tertiary/aromatic N) is 4. The van der Waals surface area contributed by atoms with Crippen LogP contribution in [0.2, 0.25) is 5.02 Å². The Morgan fingerprint density at radius 1 is 1.44 bits per heavy atom. The van der Waals surface area contributed by atoms with E-state index in [9.17, 15) is 4.79 Å². The van der Waals surface area contributed by atoms with Crippen LogP contribution in [-0.2, 0) is 4.74 Å². The smallest absolute Gasteiger partial charge is 0.338 e. The first-order chi connectivity index (χ1) is 12.1. The summed E-state index contributed by atoms with van der Waals surface area (Å²) in [6, 6.07) is 6.96. The van der Waals surface area contributed by atoms with E-state index >= 15 is 0 Å². The van der Waals surface area contributed by atoms with E-state index < -0.39 is 5.97 Å². The monoisotopic (exact) mass is 352 g/mol. The number of rotatable bonds is 4. The van der Waals surface area contributed by atoms with Crippen molar-refractivity contribution >= 4 is 34.5 Å². The number of aromatic nitrogens is 3. The van der Waals surface area contributed by atoms with Gasteiger partial charge in [0.1, 0.15) is 12.1 Å². The van der Waals surface area contributed by atoms with Crippen molar-refractivity contribution in [2.45, 2.75) is 6.92 Å². The predicted octanol–water partition coefficient (Wildman–Crippen LogP) is 3.79. The zero-order valence-corrected chi connectivity index (χ0v) is 14.1.